The molecule has 0 aliphatic heterocycles. The molecule has 0 amide bonds. The largest absolute Gasteiger partial charge is 0.493 e. The Bertz CT molecular complexity index is 629. The molecule has 3 nitrogen and oxygen atoms in total. The monoisotopic (exact) mass is 423 g/mol. The van der Waals surface area contributed by atoms with Gasteiger partial charge in [-0.2, -0.15) is 0 Å². The average Bonchev–Trinajstić information content (AvgIpc) is 2.58. The van der Waals surface area contributed by atoms with E-state index in [0.717, 1.165) is 34.6 Å². The molecule has 0 aliphatic carbocycles. The Labute approximate surface area is 151 Å². The molecule has 1 N–H and O–H groups in total. The number of benzene rings is 2. The van der Waals surface area contributed by atoms with E-state index < -0.39 is 0 Å². The van der Waals surface area contributed by atoms with Gasteiger partial charge in [-0.25, -0.2) is 0 Å². The van der Waals surface area contributed by atoms with Crippen LogP contribution in [0, 0.1) is 3.57 Å². The molecule has 0 aromatic heterocycles. The highest BCUT2D eigenvalue weighted by Gasteiger charge is 2.11. The summed E-state index contributed by atoms with van der Waals surface area (Å²) in [7, 11) is 1.67. The molecule has 0 spiro atoms. The summed E-state index contributed by atoms with van der Waals surface area (Å²) in [6.45, 7) is 5.90. The van der Waals surface area contributed by atoms with E-state index in [-0.39, 0.29) is 0 Å². The van der Waals surface area contributed by atoms with Gasteiger partial charge in [0.1, 0.15) is 6.61 Å². The molecule has 0 radical (unpaired) electrons. The molecule has 2 aromatic rings. The Kier molecular flexibility index (Phi) is 7.42. The average molecular weight is 423 g/mol. The van der Waals surface area contributed by atoms with Crippen molar-refractivity contribution < 1.29 is 9.47 Å². The first-order chi connectivity index (χ1) is 11.2. The molecular weight excluding hydrogens is 401 g/mol. The van der Waals surface area contributed by atoms with Crippen LogP contribution in [0.5, 0.6) is 11.5 Å². The van der Waals surface area contributed by atoms with Crippen LogP contribution in [0.3, 0.4) is 0 Å². The van der Waals surface area contributed by atoms with E-state index in [1.54, 1.807) is 13.2 Å². The quantitative estimate of drug-likeness (QED) is 0.373. The highest BCUT2D eigenvalue weighted by Crippen LogP contribution is 2.33. The first-order valence-corrected chi connectivity index (χ1v) is 8.67. The molecule has 0 fully saturated rings. The van der Waals surface area contributed by atoms with Crippen molar-refractivity contribution in [3.05, 3.63) is 69.8 Å². The minimum Gasteiger partial charge on any atom is -0.493 e. The first-order valence-electron chi connectivity index (χ1n) is 7.59. The zero-order chi connectivity index (χ0) is 16.5. The van der Waals surface area contributed by atoms with Gasteiger partial charge in [-0.15, -0.1) is 0 Å². The van der Waals surface area contributed by atoms with Crippen LogP contribution >= 0.6 is 22.6 Å². The summed E-state index contributed by atoms with van der Waals surface area (Å²) in [5.41, 5.74) is 2.53. The molecule has 4 heteroatoms. The van der Waals surface area contributed by atoms with Gasteiger partial charge in [0, 0.05) is 6.54 Å². The normalized spacial score (nSPS) is 10.3. The molecule has 0 saturated heterocycles. The summed E-state index contributed by atoms with van der Waals surface area (Å²) >= 11 is 2.28. The first kappa shape index (κ1) is 17.8. The Balaban J connectivity index is 1.92. The third kappa shape index (κ3) is 5.55. The molecule has 0 unspecified atom stereocenters. The predicted molar refractivity (Wildman–Crippen MR) is 103 cm³/mol. The predicted octanol–water partition coefficient (Wildman–Crippen LogP) is 4.20. The number of halogens is 1. The van der Waals surface area contributed by atoms with Crippen LogP contribution in [-0.2, 0) is 13.0 Å². The molecule has 0 heterocycles. The van der Waals surface area contributed by atoms with Gasteiger partial charge in [0.15, 0.2) is 11.5 Å². The molecule has 2 rings (SSSR count). The molecular formula is C19H22INO2. The maximum Gasteiger partial charge on any atom is 0.174 e. The van der Waals surface area contributed by atoms with E-state index >= 15 is 0 Å². The summed E-state index contributed by atoms with van der Waals surface area (Å²) in [6.07, 6.45) is 2.75. The van der Waals surface area contributed by atoms with E-state index in [4.69, 9.17) is 9.47 Å². The molecule has 0 atom stereocenters. The van der Waals surface area contributed by atoms with Crippen LogP contribution in [0.2, 0.25) is 0 Å². The van der Waals surface area contributed by atoms with Crippen molar-refractivity contribution in [2.45, 2.75) is 13.0 Å². The van der Waals surface area contributed by atoms with Crippen molar-refractivity contribution in [3.8, 4) is 11.5 Å². The smallest absolute Gasteiger partial charge is 0.174 e. The number of hydrogen-bond acceptors (Lipinski definition) is 3. The fraction of sp³-hybridized carbons (Fsp3) is 0.263. The number of methoxy groups -OCH3 is 1. The fourth-order valence-corrected chi connectivity index (χ4v) is 3.09. The van der Waals surface area contributed by atoms with E-state index in [1.807, 2.05) is 12.1 Å². The third-order valence-electron chi connectivity index (χ3n) is 3.40. The van der Waals surface area contributed by atoms with Gasteiger partial charge < -0.3 is 14.8 Å². The zero-order valence-corrected chi connectivity index (χ0v) is 15.5. The Morgan fingerprint density at radius 3 is 2.65 bits per heavy atom. The topological polar surface area (TPSA) is 30.5 Å². The standard InChI is InChI=1S/C19H22INO2/c1-3-11-23-19-17(20)12-16(13-18(19)22-2)14-21-10-9-15-7-5-4-6-8-15/h3-8,12-13,21H,1,9-11,14H2,2H3. The fourth-order valence-electron chi connectivity index (χ4n) is 2.27. The van der Waals surface area contributed by atoms with Crippen molar-refractivity contribution in [1.29, 1.82) is 0 Å². The van der Waals surface area contributed by atoms with E-state index in [9.17, 15) is 0 Å². The van der Waals surface area contributed by atoms with Gasteiger partial charge in [0.25, 0.3) is 0 Å². The molecule has 0 saturated carbocycles. The number of rotatable bonds is 9. The second kappa shape index (κ2) is 9.57. The lowest BCUT2D eigenvalue weighted by atomic mass is 10.1. The van der Waals surface area contributed by atoms with Crippen LogP contribution in [0.4, 0.5) is 0 Å². The van der Waals surface area contributed by atoms with Crippen molar-refractivity contribution in [1.82, 2.24) is 5.32 Å². The second-order valence-electron chi connectivity index (χ2n) is 5.12. The summed E-state index contributed by atoms with van der Waals surface area (Å²) < 4.78 is 12.2. The van der Waals surface area contributed by atoms with E-state index in [0.29, 0.717) is 6.61 Å². The van der Waals surface area contributed by atoms with E-state index in [2.05, 4.69) is 64.8 Å². The summed E-state index contributed by atoms with van der Waals surface area (Å²) in [4.78, 5) is 0. The van der Waals surface area contributed by atoms with Crippen LogP contribution in [0.1, 0.15) is 11.1 Å². The van der Waals surface area contributed by atoms with Gasteiger partial charge in [-0.3, -0.25) is 0 Å². The van der Waals surface area contributed by atoms with Crippen molar-refractivity contribution in [2.24, 2.45) is 0 Å². The Hall–Kier alpha value is -1.53. The summed E-state index contributed by atoms with van der Waals surface area (Å²) in [5, 5.41) is 3.48. The number of hydrogen-bond donors (Lipinski definition) is 1. The highest BCUT2D eigenvalue weighted by atomic mass is 127. The van der Waals surface area contributed by atoms with Crippen LogP contribution < -0.4 is 14.8 Å². The van der Waals surface area contributed by atoms with Crippen molar-refractivity contribution >= 4 is 22.6 Å². The Morgan fingerprint density at radius 1 is 1.17 bits per heavy atom. The molecule has 23 heavy (non-hydrogen) atoms. The molecule has 0 aliphatic rings. The van der Waals surface area contributed by atoms with Gasteiger partial charge in [-0.1, -0.05) is 43.0 Å². The van der Waals surface area contributed by atoms with Gasteiger partial charge in [0.2, 0.25) is 0 Å². The van der Waals surface area contributed by atoms with E-state index in [1.165, 1.54) is 11.1 Å². The SMILES string of the molecule is C=CCOc1c(I)cc(CNCCc2ccccc2)cc1OC. The van der Waals surface area contributed by atoms with Crippen molar-refractivity contribution in [3.63, 3.8) is 0 Å². The summed E-state index contributed by atoms with van der Waals surface area (Å²) in [6, 6.07) is 14.6. The van der Waals surface area contributed by atoms with Crippen LogP contribution in [0.15, 0.2) is 55.1 Å². The number of ether oxygens (including phenoxy) is 2. The van der Waals surface area contributed by atoms with Crippen molar-refractivity contribution in [2.75, 3.05) is 20.3 Å². The lowest BCUT2D eigenvalue weighted by Gasteiger charge is -2.14. The molecule has 2 aromatic carbocycles. The van der Waals surface area contributed by atoms with Crippen LogP contribution in [-0.4, -0.2) is 20.3 Å². The van der Waals surface area contributed by atoms with Gasteiger partial charge in [0.05, 0.1) is 10.7 Å². The van der Waals surface area contributed by atoms with Gasteiger partial charge in [-0.05, 0) is 58.8 Å². The minimum atomic E-state index is 0.473. The lowest BCUT2D eigenvalue weighted by molar-refractivity contribution is 0.324. The lowest BCUT2D eigenvalue weighted by Crippen LogP contribution is -2.17. The van der Waals surface area contributed by atoms with Crippen LogP contribution in [0.25, 0.3) is 0 Å². The maximum absolute atomic E-state index is 5.68. The molecule has 0 bridgehead atoms. The third-order valence-corrected chi connectivity index (χ3v) is 4.20. The number of nitrogens with one attached hydrogen (secondary N) is 1. The minimum absolute atomic E-state index is 0.473. The summed E-state index contributed by atoms with van der Waals surface area (Å²) in [5.74, 6) is 1.54. The zero-order valence-electron chi connectivity index (χ0n) is 13.3. The van der Waals surface area contributed by atoms with Gasteiger partial charge >= 0.3 is 0 Å². The maximum atomic E-state index is 5.68. The molecule has 122 valence electrons. The highest BCUT2D eigenvalue weighted by molar-refractivity contribution is 14.1. The Morgan fingerprint density at radius 2 is 1.96 bits per heavy atom. The second-order valence-corrected chi connectivity index (χ2v) is 6.28.